The van der Waals surface area contributed by atoms with E-state index in [4.69, 9.17) is 21.4 Å². The fourth-order valence-electron chi connectivity index (χ4n) is 1.49. The van der Waals surface area contributed by atoms with E-state index in [0.29, 0.717) is 16.3 Å². The Balaban J connectivity index is 2.13. The van der Waals surface area contributed by atoms with E-state index in [-0.39, 0.29) is 12.2 Å². The van der Waals surface area contributed by atoms with Gasteiger partial charge in [0, 0.05) is 17.8 Å². The number of rotatable bonds is 4. The van der Waals surface area contributed by atoms with Crippen LogP contribution in [0.4, 0.5) is 0 Å². The highest BCUT2D eigenvalue weighted by molar-refractivity contribution is 6.30. The first-order valence-electron chi connectivity index (χ1n) is 5.21. The van der Waals surface area contributed by atoms with E-state index in [1.807, 2.05) is 0 Å². The zero-order valence-corrected chi connectivity index (χ0v) is 10.1. The summed E-state index contributed by atoms with van der Waals surface area (Å²) in [5.41, 5.74) is 0.831. The molecule has 0 radical (unpaired) electrons. The van der Waals surface area contributed by atoms with Gasteiger partial charge in [0.15, 0.2) is 0 Å². The third-order valence-electron chi connectivity index (χ3n) is 2.32. The molecule has 1 aromatic carbocycles. The van der Waals surface area contributed by atoms with E-state index in [1.165, 1.54) is 18.5 Å². The van der Waals surface area contributed by atoms with Crippen molar-refractivity contribution in [1.29, 1.82) is 0 Å². The van der Waals surface area contributed by atoms with Crippen LogP contribution in [0.25, 0.3) is 0 Å². The lowest BCUT2D eigenvalue weighted by Gasteiger charge is -2.08. The molecule has 0 aliphatic carbocycles. The van der Waals surface area contributed by atoms with Gasteiger partial charge in [0.2, 0.25) is 0 Å². The molecule has 4 nitrogen and oxygen atoms in total. The van der Waals surface area contributed by atoms with E-state index in [2.05, 4.69) is 4.98 Å². The molecule has 2 rings (SSSR count). The highest BCUT2D eigenvalue weighted by atomic mass is 35.5. The van der Waals surface area contributed by atoms with Crippen LogP contribution < -0.4 is 4.74 Å². The van der Waals surface area contributed by atoms with Gasteiger partial charge in [0.1, 0.15) is 12.4 Å². The Morgan fingerprint density at radius 2 is 2.11 bits per heavy atom. The normalized spacial score (nSPS) is 10.1. The Morgan fingerprint density at radius 3 is 2.83 bits per heavy atom. The summed E-state index contributed by atoms with van der Waals surface area (Å²) in [6.45, 7) is 0.157. The van der Waals surface area contributed by atoms with Crippen molar-refractivity contribution in [2.45, 2.75) is 6.61 Å². The number of nitrogens with zero attached hydrogens (tertiary/aromatic N) is 1. The van der Waals surface area contributed by atoms with Gasteiger partial charge in [-0.1, -0.05) is 29.8 Å². The van der Waals surface area contributed by atoms with Gasteiger partial charge in [-0.2, -0.15) is 0 Å². The molecule has 0 bridgehead atoms. The van der Waals surface area contributed by atoms with E-state index in [0.717, 1.165) is 0 Å². The number of hydrogen-bond acceptors (Lipinski definition) is 3. The zero-order chi connectivity index (χ0) is 13.0. The van der Waals surface area contributed by atoms with Crippen LogP contribution in [0.2, 0.25) is 5.02 Å². The summed E-state index contributed by atoms with van der Waals surface area (Å²) in [5, 5.41) is 9.49. The number of aromatic carboxylic acids is 1. The summed E-state index contributed by atoms with van der Waals surface area (Å²) >= 11 is 5.77. The first-order chi connectivity index (χ1) is 8.66. The molecule has 0 aliphatic rings. The molecule has 1 heterocycles. The second kappa shape index (κ2) is 5.51. The van der Waals surface area contributed by atoms with Gasteiger partial charge < -0.3 is 9.84 Å². The average molecular weight is 264 g/mol. The molecule has 0 saturated carbocycles. The van der Waals surface area contributed by atoms with Gasteiger partial charge in [-0.05, 0) is 6.07 Å². The summed E-state index contributed by atoms with van der Waals surface area (Å²) in [6, 6.07) is 8.31. The number of carboxylic acids is 1. The standard InChI is InChI=1S/C13H10ClNO3/c14-10-5-11(7-15-6-10)18-8-9-3-1-2-4-12(9)13(16)17/h1-7H,8H2,(H,16,17). The molecule has 5 heteroatoms. The maximum absolute atomic E-state index is 11.0. The fraction of sp³-hybridized carbons (Fsp3) is 0.0769. The Morgan fingerprint density at radius 1 is 1.33 bits per heavy atom. The van der Waals surface area contributed by atoms with Crippen LogP contribution in [-0.2, 0) is 6.61 Å². The second-order valence-corrected chi connectivity index (χ2v) is 4.03. The minimum atomic E-state index is -0.974. The van der Waals surface area contributed by atoms with Crippen LogP contribution in [0, 0.1) is 0 Å². The maximum Gasteiger partial charge on any atom is 0.336 e. The number of carboxylic acid groups (broad SMARTS) is 1. The number of benzene rings is 1. The van der Waals surface area contributed by atoms with Gasteiger partial charge >= 0.3 is 5.97 Å². The van der Waals surface area contributed by atoms with Crippen molar-refractivity contribution < 1.29 is 14.6 Å². The van der Waals surface area contributed by atoms with E-state index in [9.17, 15) is 4.79 Å². The number of aromatic nitrogens is 1. The van der Waals surface area contributed by atoms with Gasteiger partial charge in [0.25, 0.3) is 0 Å². The van der Waals surface area contributed by atoms with Crippen molar-refractivity contribution in [1.82, 2.24) is 4.98 Å². The Bertz CT molecular complexity index is 572. The van der Waals surface area contributed by atoms with Gasteiger partial charge in [-0.15, -0.1) is 0 Å². The monoisotopic (exact) mass is 263 g/mol. The van der Waals surface area contributed by atoms with E-state index >= 15 is 0 Å². The fourth-order valence-corrected chi connectivity index (χ4v) is 1.65. The largest absolute Gasteiger partial charge is 0.487 e. The van der Waals surface area contributed by atoms with Crippen LogP contribution in [-0.4, -0.2) is 16.1 Å². The highest BCUT2D eigenvalue weighted by Crippen LogP contribution is 2.17. The average Bonchev–Trinajstić information content (AvgIpc) is 2.37. The molecule has 0 spiro atoms. The molecule has 1 aromatic heterocycles. The van der Waals surface area contributed by atoms with Crippen molar-refractivity contribution in [2.75, 3.05) is 0 Å². The van der Waals surface area contributed by atoms with Gasteiger partial charge in [0.05, 0.1) is 16.8 Å². The predicted octanol–water partition coefficient (Wildman–Crippen LogP) is 3.01. The minimum Gasteiger partial charge on any atom is -0.487 e. The lowest BCUT2D eigenvalue weighted by atomic mass is 10.1. The molecule has 0 aliphatic heterocycles. The quantitative estimate of drug-likeness (QED) is 0.921. The molecule has 0 atom stereocenters. The topological polar surface area (TPSA) is 59.4 Å². The van der Waals surface area contributed by atoms with Gasteiger partial charge in [-0.3, -0.25) is 4.98 Å². The second-order valence-electron chi connectivity index (χ2n) is 3.59. The van der Waals surface area contributed by atoms with Crippen molar-refractivity contribution in [3.8, 4) is 5.75 Å². The van der Waals surface area contributed by atoms with Crippen LogP contribution >= 0.6 is 11.6 Å². The molecule has 0 amide bonds. The molecule has 1 N–H and O–H groups in total. The third-order valence-corrected chi connectivity index (χ3v) is 2.53. The molecular weight excluding hydrogens is 254 g/mol. The summed E-state index contributed by atoms with van der Waals surface area (Å²) in [7, 11) is 0. The third kappa shape index (κ3) is 2.99. The summed E-state index contributed by atoms with van der Waals surface area (Å²) in [5.74, 6) is -0.471. The van der Waals surface area contributed by atoms with Crippen LogP contribution in [0.5, 0.6) is 5.75 Å². The molecule has 0 saturated heterocycles. The van der Waals surface area contributed by atoms with Crippen LogP contribution in [0.15, 0.2) is 42.7 Å². The Hall–Kier alpha value is -2.07. The number of pyridine rings is 1. The van der Waals surface area contributed by atoms with Crippen LogP contribution in [0.1, 0.15) is 15.9 Å². The van der Waals surface area contributed by atoms with Crippen molar-refractivity contribution in [2.24, 2.45) is 0 Å². The molecular formula is C13H10ClNO3. The predicted molar refractivity (Wildman–Crippen MR) is 67.0 cm³/mol. The molecule has 0 unspecified atom stereocenters. The van der Waals surface area contributed by atoms with Crippen molar-refractivity contribution in [3.63, 3.8) is 0 Å². The highest BCUT2D eigenvalue weighted by Gasteiger charge is 2.09. The Labute approximate surface area is 109 Å². The number of ether oxygens (including phenoxy) is 1. The lowest BCUT2D eigenvalue weighted by Crippen LogP contribution is -2.05. The molecule has 92 valence electrons. The lowest BCUT2D eigenvalue weighted by molar-refractivity contribution is 0.0694. The number of halogens is 1. The van der Waals surface area contributed by atoms with Gasteiger partial charge in [-0.25, -0.2) is 4.79 Å². The SMILES string of the molecule is O=C(O)c1ccccc1COc1cncc(Cl)c1. The van der Waals surface area contributed by atoms with E-state index in [1.54, 1.807) is 24.3 Å². The first kappa shape index (κ1) is 12.4. The van der Waals surface area contributed by atoms with Crippen LogP contribution in [0.3, 0.4) is 0 Å². The Kier molecular flexibility index (Phi) is 3.79. The molecule has 18 heavy (non-hydrogen) atoms. The molecule has 2 aromatic rings. The maximum atomic E-state index is 11.0. The zero-order valence-electron chi connectivity index (χ0n) is 9.34. The van der Waals surface area contributed by atoms with E-state index < -0.39 is 5.97 Å². The minimum absolute atomic E-state index is 0.157. The summed E-state index contributed by atoms with van der Waals surface area (Å²) in [4.78, 5) is 14.9. The summed E-state index contributed by atoms with van der Waals surface area (Å²) < 4.78 is 5.45. The molecule has 0 fully saturated rings. The number of carbonyl (C=O) groups is 1. The van der Waals surface area contributed by atoms with Crippen molar-refractivity contribution >= 4 is 17.6 Å². The smallest absolute Gasteiger partial charge is 0.336 e. The number of hydrogen-bond donors (Lipinski definition) is 1. The van der Waals surface area contributed by atoms with Crippen molar-refractivity contribution in [3.05, 3.63) is 58.9 Å². The summed E-state index contributed by atoms with van der Waals surface area (Å²) in [6.07, 6.45) is 3.02. The first-order valence-corrected chi connectivity index (χ1v) is 5.59.